The van der Waals surface area contributed by atoms with Crippen molar-refractivity contribution in [2.75, 3.05) is 12.4 Å². The number of rotatable bonds is 4. The molecule has 0 aliphatic carbocycles. The maximum absolute atomic E-state index is 11.5. The molecule has 0 radical (unpaired) electrons. The van der Waals surface area contributed by atoms with Crippen LogP contribution in [0, 0.1) is 0 Å². The molecule has 1 aromatic carbocycles. The van der Waals surface area contributed by atoms with Gasteiger partial charge in [0, 0.05) is 5.02 Å². The predicted octanol–water partition coefficient (Wildman–Crippen LogP) is 3.70. The van der Waals surface area contributed by atoms with Crippen molar-refractivity contribution < 1.29 is 14.3 Å². The van der Waals surface area contributed by atoms with E-state index < -0.39 is 6.09 Å². The van der Waals surface area contributed by atoms with Crippen molar-refractivity contribution in [3.8, 4) is 5.75 Å². The van der Waals surface area contributed by atoms with Crippen LogP contribution in [0.3, 0.4) is 0 Å². The van der Waals surface area contributed by atoms with Gasteiger partial charge in [0.05, 0.1) is 12.8 Å². The lowest BCUT2D eigenvalue weighted by Crippen LogP contribution is -2.19. The molecular weight excluding hydrogens is 242 g/mol. The summed E-state index contributed by atoms with van der Waals surface area (Å²) in [5.74, 6) is 0.538. The first-order valence-electron chi connectivity index (χ1n) is 5.38. The summed E-state index contributed by atoms with van der Waals surface area (Å²) in [5, 5.41) is 3.12. The van der Waals surface area contributed by atoms with E-state index in [1.54, 1.807) is 18.2 Å². The SMILES string of the molecule is CCC(C)OC(=O)Nc1cc(Cl)ccc1OC. The predicted molar refractivity (Wildman–Crippen MR) is 67.9 cm³/mol. The van der Waals surface area contributed by atoms with Gasteiger partial charge in [0.15, 0.2) is 0 Å². The molecule has 0 aliphatic heterocycles. The smallest absolute Gasteiger partial charge is 0.412 e. The average Bonchev–Trinajstić information content (AvgIpc) is 2.29. The standard InChI is InChI=1S/C12H16ClNO3/c1-4-8(2)17-12(15)14-10-7-9(13)5-6-11(10)16-3/h5-8H,4H2,1-3H3,(H,14,15). The molecule has 0 bridgehead atoms. The molecule has 5 heteroatoms. The zero-order chi connectivity index (χ0) is 12.8. The molecule has 1 aromatic rings. The molecule has 0 aliphatic rings. The molecule has 0 spiro atoms. The number of carbonyl (C=O) groups excluding carboxylic acids is 1. The topological polar surface area (TPSA) is 47.6 Å². The number of ether oxygens (including phenoxy) is 2. The summed E-state index contributed by atoms with van der Waals surface area (Å²) in [6.07, 6.45) is 0.125. The normalized spacial score (nSPS) is 11.8. The van der Waals surface area contributed by atoms with Gasteiger partial charge >= 0.3 is 6.09 Å². The molecule has 1 unspecified atom stereocenters. The molecule has 1 amide bonds. The van der Waals surface area contributed by atoms with Gasteiger partial charge in [0.1, 0.15) is 11.9 Å². The number of hydrogen-bond donors (Lipinski definition) is 1. The first-order chi connectivity index (χ1) is 8.06. The van der Waals surface area contributed by atoms with Crippen molar-refractivity contribution in [1.29, 1.82) is 0 Å². The summed E-state index contributed by atoms with van der Waals surface area (Å²) in [6.45, 7) is 3.77. The quantitative estimate of drug-likeness (QED) is 0.895. The van der Waals surface area contributed by atoms with E-state index in [-0.39, 0.29) is 6.10 Å². The van der Waals surface area contributed by atoms with Gasteiger partial charge in [-0.25, -0.2) is 4.79 Å². The fourth-order valence-electron chi connectivity index (χ4n) is 1.18. The van der Waals surface area contributed by atoms with E-state index in [0.717, 1.165) is 6.42 Å². The van der Waals surface area contributed by atoms with E-state index in [1.165, 1.54) is 7.11 Å². The highest BCUT2D eigenvalue weighted by Gasteiger charge is 2.11. The van der Waals surface area contributed by atoms with Crippen LogP contribution in [-0.4, -0.2) is 19.3 Å². The monoisotopic (exact) mass is 257 g/mol. The Morgan fingerprint density at radius 1 is 1.53 bits per heavy atom. The van der Waals surface area contributed by atoms with E-state index in [9.17, 15) is 4.79 Å². The van der Waals surface area contributed by atoms with Crippen LogP contribution in [0.25, 0.3) is 0 Å². The fourth-order valence-corrected chi connectivity index (χ4v) is 1.36. The van der Waals surface area contributed by atoms with Crippen LogP contribution in [-0.2, 0) is 4.74 Å². The van der Waals surface area contributed by atoms with Crippen LogP contribution in [0.4, 0.5) is 10.5 Å². The van der Waals surface area contributed by atoms with Crippen molar-refractivity contribution >= 4 is 23.4 Å². The third-order valence-corrected chi connectivity index (χ3v) is 2.52. The van der Waals surface area contributed by atoms with Crippen molar-refractivity contribution in [3.05, 3.63) is 23.2 Å². The highest BCUT2D eigenvalue weighted by Crippen LogP contribution is 2.27. The number of hydrogen-bond acceptors (Lipinski definition) is 3. The fraction of sp³-hybridized carbons (Fsp3) is 0.417. The highest BCUT2D eigenvalue weighted by molar-refractivity contribution is 6.31. The minimum absolute atomic E-state index is 0.125. The van der Waals surface area contributed by atoms with Crippen molar-refractivity contribution in [2.24, 2.45) is 0 Å². The van der Waals surface area contributed by atoms with Crippen LogP contribution in [0.5, 0.6) is 5.75 Å². The molecule has 0 saturated heterocycles. The van der Waals surface area contributed by atoms with E-state index in [1.807, 2.05) is 13.8 Å². The second kappa shape index (κ2) is 6.35. The molecule has 0 fully saturated rings. The van der Waals surface area contributed by atoms with E-state index >= 15 is 0 Å². The lowest BCUT2D eigenvalue weighted by atomic mass is 10.3. The number of carbonyl (C=O) groups is 1. The zero-order valence-electron chi connectivity index (χ0n) is 10.1. The molecule has 1 rings (SSSR count). The van der Waals surface area contributed by atoms with Crippen LogP contribution in [0.2, 0.25) is 5.02 Å². The second-order valence-corrected chi connectivity index (χ2v) is 4.03. The molecule has 0 heterocycles. The van der Waals surface area contributed by atoms with E-state index in [0.29, 0.717) is 16.5 Å². The van der Waals surface area contributed by atoms with Crippen LogP contribution >= 0.6 is 11.6 Å². The van der Waals surface area contributed by atoms with Gasteiger partial charge in [-0.3, -0.25) is 5.32 Å². The number of benzene rings is 1. The number of methoxy groups -OCH3 is 1. The van der Waals surface area contributed by atoms with E-state index in [2.05, 4.69) is 5.32 Å². The minimum Gasteiger partial charge on any atom is -0.495 e. The molecule has 0 aromatic heterocycles. The van der Waals surface area contributed by atoms with Crippen LogP contribution in [0.15, 0.2) is 18.2 Å². The minimum atomic E-state index is -0.514. The molecule has 1 N–H and O–H groups in total. The van der Waals surface area contributed by atoms with Crippen molar-refractivity contribution in [2.45, 2.75) is 26.4 Å². The van der Waals surface area contributed by atoms with Gasteiger partial charge in [-0.1, -0.05) is 18.5 Å². The zero-order valence-corrected chi connectivity index (χ0v) is 10.9. The molecule has 17 heavy (non-hydrogen) atoms. The molecular formula is C12H16ClNO3. The maximum atomic E-state index is 11.5. The van der Waals surface area contributed by atoms with E-state index in [4.69, 9.17) is 21.1 Å². The number of nitrogens with one attached hydrogen (secondary N) is 1. The Hall–Kier alpha value is -1.42. The largest absolute Gasteiger partial charge is 0.495 e. The number of amides is 1. The second-order valence-electron chi connectivity index (χ2n) is 3.59. The summed E-state index contributed by atoms with van der Waals surface area (Å²) in [5.41, 5.74) is 0.494. The molecule has 94 valence electrons. The highest BCUT2D eigenvalue weighted by atomic mass is 35.5. The Balaban J connectivity index is 2.73. The lowest BCUT2D eigenvalue weighted by molar-refractivity contribution is 0.118. The first kappa shape index (κ1) is 13.6. The third kappa shape index (κ3) is 4.15. The average molecular weight is 258 g/mol. The van der Waals surface area contributed by atoms with Crippen molar-refractivity contribution in [1.82, 2.24) is 0 Å². The maximum Gasteiger partial charge on any atom is 0.412 e. The molecule has 1 atom stereocenters. The van der Waals surface area contributed by atoms with Gasteiger partial charge in [0.25, 0.3) is 0 Å². The summed E-state index contributed by atoms with van der Waals surface area (Å²) in [6, 6.07) is 4.98. The van der Waals surface area contributed by atoms with Crippen LogP contribution < -0.4 is 10.1 Å². The molecule has 0 saturated carbocycles. The first-order valence-corrected chi connectivity index (χ1v) is 5.75. The Morgan fingerprint density at radius 2 is 2.24 bits per heavy atom. The summed E-state index contributed by atoms with van der Waals surface area (Å²) in [7, 11) is 1.52. The Kier molecular flexibility index (Phi) is 5.10. The number of anilines is 1. The van der Waals surface area contributed by atoms with Gasteiger partial charge in [-0.2, -0.15) is 0 Å². The van der Waals surface area contributed by atoms with Gasteiger partial charge in [0.2, 0.25) is 0 Å². The van der Waals surface area contributed by atoms with Crippen molar-refractivity contribution in [3.63, 3.8) is 0 Å². The van der Waals surface area contributed by atoms with Crippen LogP contribution in [0.1, 0.15) is 20.3 Å². The Morgan fingerprint density at radius 3 is 2.82 bits per heavy atom. The number of halogens is 1. The van der Waals surface area contributed by atoms with Gasteiger partial charge in [-0.05, 0) is 31.5 Å². The Bertz CT molecular complexity index is 395. The Labute approximate surface area is 106 Å². The van der Waals surface area contributed by atoms with Gasteiger partial charge < -0.3 is 9.47 Å². The summed E-state index contributed by atoms with van der Waals surface area (Å²) >= 11 is 5.84. The lowest BCUT2D eigenvalue weighted by Gasteiger charge is -2.13. The summed E-state index contributed by atoms with van der Waals surface area (Å²) < 4.78 is 10.2. The molecule has 4 nitrogen and oxygen atoms in total. The van der Waals surface area contributed by atoms with Gasteiger partial charge in [-0.15, -0.1) is 0 Å². The summed E-state index contributed by atoms with van der Waals surface area (Å²) in [4.78, 5) is 11.5. The third-order valence-electron chi connectivity index (χ3n) is 2.28.